The first-order chi connectivity index (χ1) is 10.7. The lowest BCUT2D eigenvalue weighted by atomic mass is 10.0. The molecule has 2 N–H and O–H groups in total. The van der Waals surface area contributed by atoms with Crippen LogP contribution in [0.4, 0.5) is 9.18 Å². The van der Waals surface area contributed by atoms with Crippen LogP contribution in [0, 0.1) is 5.82 Å². The summed E-state index contributed by atoms with van der Waals surface area (Å²) in [6.45, 7) is 7.31. The number of alkyl carbamates (subject to hydrolysis) is 1. The highest BCUT2D eigenvalue weighted by Gasteiger charge is 2.18. The molecular weight excluding hydrogens is 301 g/mol. The summed E-state index contributed by atoms with van der Waals surface area (Å²) in [4.78, 5) is 11.7. The third-order valence-corrected chi connectivity index (χ3v) is 2.98. The van der Waals surface area contributed by atoms with Crippen LogP contribution in [-0.4, -0.2) is 36.1 Å². The molecule has 1 aromatic rings. The van der Waals surface area contributed by atoms with E-state index in [-0.39, 0.29) is 25.1 Å². The van der Waals surface area contributed by atoms with E-state index in [2.05, 4.69) is 5.32 Å². The highest BCUT2D eigenvalue weighted by Crippen LogP contribution is 2.22. The van der Waals surface area contributed by atoms with Crippen LogP contribution >= 0.6 is 0 Å². The molecule has 0 fully saturated rings. The molecule has 130 valence electrons. The fourth-order valence-corrected chi connectivity index (χ4v) is 1.99. The molecule has 0 unspecified atom stereocenters. The Bertz CT molecular complexity index is 514. The first-order valence-electron chi connectivity index (χ1n) is 7.73. The molecule has 0 spiro atoms. The van der Waals surface area contributed by atoms with Crippen molar-refractivity contribution >= 4 is 6.09 Å². The lowest BCUT2D eigenvalue weighted by molar-refractivity contribution is 0.0506. The van der Waals surface area contributed by atoms with Crippen LogP contribution in [0.3, 0.4) is 0 Å². The molecule has 0 aliphatic carbocycles. The van der Waals surface area contributed by atoms with Gasteiger partial charge in [0.15, 0.2) is 0 Å². The van der Waals surface area contributed by atoms with Crippen LogP contribution < -0.4 is 10.1 Å². The minimum absolute atomic E-state index is 0.104. The molecule has 1 amide bonds. The molecule has 6 heteroatoms. The number of carbonyl (C=O) groups is 1. The summed E-state index contributed by atoms with van der Waals surface area (Å²) in [5.41, 5.74) is 0.161. The van der Waals surface area contributed by atoms with Crippen molar-refractivity contribution < 1.29 is 23.8 Å². The molecular formula is C17H26FNO4. The average Bonchev–Trinajstić information content (AvgIpc) is 2.42. The number of halogens is 1. The zero-order chi connectivity index (χ0) is 17.5. The van der Waals surface area contributed by atoms with Gasteiger partial charge in [0.2, 0.25) is 0 Å². The second-order valence-corrected chi connectivity index (χ2v) is 6.41. The Hall–Kier alpha value is -1.82. The van der Waals surface area contributed by atoms with Crippen LogP contribution in [0.5, 0.6) is 5.75 Å². The summed E-state index contributed by atoms with van der Waals surface area (Å²) in [7, 11) is 0. The number of carbonyl (C=O) groups excluding carboxylic acids is 1. The van der Waals surface area contributed by atoms with E-state index in [1.807, 2.05) is 6.92 Å². The Morgan fingerprint density at radius 3 is 2.70 bits per heavy atom. The summed E-state index contributed by atoms with van der Waals surface area (Å²) in [6.07, 6.45) is 0.675. The smallest absolute Gasteiger partial charge is 0.407 e. The largest absolute Gasteiger partial charge is 0.491 e. The van der Waals surface area contributed by atoms with Crippen LogP contribution in [0.15, 0.2) is 18.2 Å². The first kappa shape index (κ1) is 19.2. The van der Waals surface area contributed by atoms with E-state index in [4.69, 9.17) is 14.6 Å². The van der Waals surface area contributed by atoms with Gasteiger partial charge in [0, 0.05) is 6.04 Å². The third kappa shape index (κ3) is 7.83. The van der Waals surface area contributed by atoms with Crippen molar-refractivity contribution in [2.75, 3.05) is 13.2 Å². The van der Waals surface area contributed by atoms with Gasteiger partial charge in [0.25, 0.3) is 0 Å². The fourth-order valence-electron chi connectivity index (χ4n) is 1.99. The van der Waals surface area contributed by atoms with Gasteiger partial charge in [-0.3, -0.25) is 0 Å². The van der Waals surface area contributed by atoms with Gasteiger partial charge in [-0.15, -0.1) is 0 Å². The number of amides is 1. The lowest BCUT2D eigenvalue weighted by Crippen LogP contribution is -2.37. The fraction of sp³-hybridized carbons (Fsp3) is 0.588. The third-order valence-electron chi connectivity index (χ3n) is 2.98. The predicted molar refractivity (Wildman–Crippen MR) is 86.1 cm³/mol. The van der Waals surface area contributed by atoms with Gasteiger partial charge in [0.05, 0.1) is 6.61 Å². The normalized spacial score (nSPS) is 12.6. The minimum Gasteiger partial charge on any atom is -0.491 e. The van der Waals surface area contributed by atoms with Crippen LogP contribution in [-0.2, 0) is 11.2 Å². The Morgan fingerprint density at radius 2 is 2.09 bits per heavy atom. The number of rotatable bonds is 7. The SMILES string of the molecule is C[C@H](CCc1cc(F)ccc1OCCO)NC(=O)OC(C)(C)C. The Kier molecular flexibility index (Phi) is 7.29. The van der Waals surface area contributed by atoms with Gasteiger partial charge in [-0.1, -0.05) is 0 Å². The number of aliphatic hydroxyl groups is 1. The summed E-state index contributed by atoms with van der Waals surface area (Å²) < 4.78 is 24.0. The first-order valence-corrected chi connectivity index (χ1v) is 7.73. The molecule has 0 heterocycles. The van der Waals surface area contributed by atoms with Crippen molar-refractivity contribution in [1.29, 1.82) is 0 Å². The predicted octanol–water partition coefficient (Wildman–Crippen LogP) is 3.04. The quantitative estimate of drug-likeness (QED) is 0.808. The number of ether oxygens (including phenoxy) is 2. The monoisotopic (exact) mass is 327 g/mol. The highest BCUT2D eigenvalue weighted by atomic mass is 19.1. The van der Waals surface area contributed by atoms with Crippen molar-refractivity contribution in [3.05, 3.63) is 29.6 Å². The summed E-state index contributed by atoms with van der Waals surface area (Å²) >= 11 is 0. The summed E-state index contributed by atoms with van der Waals surface area (Å²) in [5, 5.41) is 11.6. The van der Waals surface area contributed by atoms with Gasteiger partial charge >= 0.3 is 6.09 Å². The number of nitrogens with one attached hydrogen (secondary N) is 1. The number of hydrogen-bond acceptors (Lipinski definition) is 4. The van der Waals surface area contributed by atoms with E-state index in [1.54, 1.807) is 26.8 Å². The van der Waals surface area contributed by atoms with Crippen molar-refractivity contribution in [2.45, 2.75) is 52.2 Å². The van der Waals surface area contributed by atoms with Crippen molar-refractivity contribution in [3.63, 3.8) is 0 Å². The highest BCUT2D eigenvalue weighted by molar-refractivity contribution is 5.68. The van der Waals surface area contributed by atoms with Gasteiger partial charge < -0.3 is 19.9 Å². The maximum atomic E-state index is 13.4. The minimum atomic E-state index is -0.544. The second kappa shape index (κ2) is 8.72. The van der Waals surface area contributed by atoms with E-state index < -0.39 is 11.7 Å². The van der Waals surface area contributed by atoms with Gasteiger partial charge in [-0.05, 0) is 64.3 Å². The molecule has 1 aromatic carbocycles. The van der Waals surface area contributed by atoms with Crippen molar-refractivity contribution in [3.8, 4) is 5.75 Å². The molecule has 23 heavy (non-hydrogen) atoms. The second-order valence-electron chi connectivity index (χ2n) is 6.41. The Labute approximate surface area is 136 Å². The molecule has 0 aliphatic heterocycles. The molecule has 0 bridgehead atoms. The van der Waals surface area contributed by atoms with Gasteiger partial charge in [-0.2, -0.15) is 0 Å². The average molecular weight is 327 g/mol. The van der Waals surface area contributed by atoms with Crippen LogP contribution in [0.1, 0.15) is 39.7 Å². The molecule has 1 rings (SSSR count). The van der Waals surface area contributed by atoms with Gasteiger partial charge in [0.1, 0.15) is 23.8 Å². The standard InChI is InChI=1S/C17H26FNO4/c1-12(19-16(21)23-17(2,3)4)5-6-13-11-14(18)7-8-15(13)22-10-9-20/h7-8,11-12,20H,5-6,9-10H2,1-4H3,(H,19,21)/t12-/m1/s1. The number of benzene rings is 1. The lowest BCUT2D eigenvalue weighted by Gasteiger charge is -2.22. The van der Waals surface area contributed by atoms with E-state index in [1.165, 1.54) is 12.1 Å². The van der Waals surface area contributed by atoms with Crippen LogP contribution in [0.2, 0.25) is 0 Å². The molecule has 0 radical (unpaired) electrons. The zero-order valence-electron chi connectivity index (χ0n) is 14.2. The van der Waals surface area contributed by atoms with E-state index in [0.717, 1.165) is 0 Å². The molecule has 5 nitrogen and oxygen atoms in total. The van der Waals surface area contributed by atoms with Crippen molar-refractivity contribution in [2.24, 2.45) is 0 Å². The van der Waals surface area contributed by atoms with E-state index in [9.17, 15) is 9.18 Å². The maximum Gasteiger partial charge on any atom is 0.407 e. The number of hydrogen-bond donors (Lipinski definition) is 2. The number of aryl methyl sites for hydroxylation is 1. The Morgan fingerprint density at radius 1 is 1.39 bits per heavy atom. The number of aliphatic hydroxyl groups excluding tert-OH is 1. The van der Waals surface area contributed by atoms with Crippen LogP contribution in [0.25, 0.3) is 0 Å². The molecule has 0 aliphatic rings. The van der Waals surface area contributed by atoms with E-state index in [0.29, 0.717) is 24.2 Å². The molecule has 0 saturated carbocycles. The van der Waals surface area contributed by atoms with Crippen molar-refractivity contribution in [1.82, 2.24) is 5.32 Å². The van der Waals surface area contributed by atoms with Gasteiger partial charge in [-0.25, -0.2) is 9.18 Å². The summed E-state index contributed by atoms with van der Waals surface area (Å²) in [6, 6.07) is 4.15. The molecule has 0 saturated heterocycles. The maximum absolute atomic E-state index is 13.4. The topological polar surface area (TPSA) is 67.8 Å². The summed E-state index contributed by atoms with van der Waals surface area (Å²) in [5.74, 6) is 0.203. The zero-order valence-corrected chi connectivity index (χ0v) is 14.2. The Balaban J connectivity index is 2.56. The molecule has 1 atom stereocenters. The molecule has 0 aromatic heterocycles. The van der Waals surface area contributed by atoms with E-state index >= 15 is 0 Å².